The lowest BCUT2D eigenvalue weighted by atomic mass is 10.1. The Balaban J connectivity index is 1.77. The summed E-state index contributed by atoms with van der Waals surface area (Å²) in [6.07, 6.45) is 8.39. The SMILES string of the molecule is O=C(ON1CC=CCC1)N1CCCCC1. The Morgan fingerprint density at radius 2 is 1.87 bits per heavy atom. The summed E-state index contributed by atoms with van der Waals surface area (Å²) in [5.74, 6) is 0. The van der Waals surface area contributed by atoms with Crippen LogP contribution in [-0.4, -0.2) is 42.2 Å². The van der Waals surface area contributed by atoms with Gasteiger partial charge < -0.3 is 9.74 Å². The van der Waals surface area contributed by atoms with E-state index in [9.17, 15) is 4.79 Å². The molecule has 1 amide bonds. The fourth-order valence-electron chi connectivity index (χ4n) is 1.95. The van der Waals surface area contributed by atoms with Gasteiger partial charge in [-0.1, -0.05) is 12.2 Å². The molecule has 0 radical (unpaired) electrons. The van der Waals surface area contributed by atoms with Crippen LogP contribution in [0.25, 0.3) is 0 Å². The zero-order valence-electron chi connectivity index (χ0n) is 9.02. The summed E-state index contributed by atoms with van der Waals surface area (Å²) in [5, 5.41) is 1.73. The van der Waals surface area contributed by atoms with Gasteiger partial charge in [-0.3, -0.25) is 0 Å². The van der Waals surface area contributed by atoms with Crippen LogP contribution in [-0.2, 0) is 4.84 Å². The van der Waals surface area contributed by atoms with Gasteiger partial charge in [0, 0.05) is 19.6 Å². The number of piperidine rings is 1. The number of nitrogens with zero attached hydrogens (tertiary/aromatic N) is 2. The number of rotatable bonds is 1. The van der Waals surface area contributed by atoms with Gasteiger partial charge in [-0.25, -0.2) is 4.79 Å². The van der Waals surface area contributed by atoms with E-state index in [1.807, 2.05) is 11.0 Å². The summed E-state index contributed by atoms with van der Waals surface area (Å²) in [7, 11) is 0. The van der Waals surface area contributed by atoms with E-state index in [1.165, 1.54) is 6.42 Å². The molecule has 0 bridgehead atoms. The zero-order valence-corrected chi connectivity index (χ0v) is 9.02. The van der Waals surface area contributed by atoms with Crippen molar-refractivity contribution in [1.29, 1.82) is 0 Å². The van der Waals surface area contributed by atoms with Crippen molar-refractivity contribution in [1.82, 2.24) is 9.96 Å². The van der Waals surface area contributed by atoms with E-state index < -0.39 is 0 Å². The standard InChI is InChI=1S/C11H18N2O2/c14-11(12-7-3-1-4-8-12)15-13-9-5-2-6-10-13/h2,5H,1,3-4,6-10H2. The molecular formula is C11H18N2O2. The van der Waals surface area contributed by atoms with Crippen molar-refractivity contribution in [3.8, 4) is 0 Å². The average molecular weight is 210 g/mol. The van der Waals surface area contributed by atoms with Crippen molar-refractivity contribution in [2.75, 3.05) is 26.2 Å². The predicted molar refractivity (Wildman–Crippen MR) is 57.2 cm³/mol. The van der Waals surface area contributed by atoms with E-state index in [0.29, 0.717) is 0 Å². The van der Waals surface area contributed by atoms with Crippen LogP contribution in [0.2, 0.25) is 0 Å². The molecule has 1 saturated heterocycles. The van der Waals surface area contributed by atoms with Crippen molar-refractivity contribution in [2.24, 2.45) is 0 Å². The van der Waals surface area contributed by atoms with E-state index in [0.717, 1.165) is 45.4 Å². The quantitative estimate of drug-likeness (QED) is 0.618. The molecule has 0 aromatic heterocycles. The number of hydrogen-bond donors (Lipinski definition) is 0. The molecule has 0 N–H and O–H groups in total. The zero-order chi connectivity index (χ0) is 10.5. The van der Waals surface area contributed by atoms with Crippen LogP contribution in [0.15, 0.2) is 12.2 Å². The maximum atomic E-state index is 11.7. The molecule has 84 valence electrons. The molecule has 4 heteroatoms. The number of likely N-dealkylation sites (tertiary alicyclic amines) is 1. The number of carbonyl (C=O) groups is 1. The van der Waals surface area contributed by atoms with Gasteiger partial charge in [0.25, 0.3) is 0 Å². The third kappa shape index (κ3) is 2.96. The van der Waals surface area contributed by atoms with Gasteiger partial charge in [0.1, 0.15) is 0 Å². The second kappa shape index (κ2) is 5.16. The van der Waals surface area contributed by atoms with Crippen molar-refractivity contribution < 1.29 is 9.63 Å². The molecule has 2 aliphatic heterocycles. The van der Waals surface area contributed by atoms with Gasteiger partial charge in [0.15, 0.2) is 0 Å². The van der Waals surface area contributed by atoms with Crippen molar-refractivity contribution >= 4 is 6.09 Å². The molecule has 2 heterocycles. The molecule has 4 nitrogen and oxygen atoms in total. The highest BCUT2D eigenvalue weighted by Crippen LogP contribution is 2.11. The summed E-state index contributed by atoms with van der Waals surface area (Å²) >= 11 is 0. The highest BCUT2D eigenvalue weighted by Gasteiger charge is 2.20. The van der Waals surface area contributed by atoms with E-state index in [-0.39, 0.29) is 6.09 Å². The lowest BCUT2D eigenvalue weighted by Gasteiger charge is -2.29. The molecule has 0 aromatic rings. The van der Waals surface area contributed by atoms with Crippen LogP contribution >= 0.6 is 0 Å². The molecular weight excluding hydrogens is 192 g/mol. The Bertz CT molecular complexity index is 247. The summed E-state index contributed by atoms with van der Waals surface area (Å²) in [4.78, 5) is 18.8. The molecule has 0 saturated carbocycles. The van der Waals surface area contributed by atoms with Gasteiger partial charge in [0.2, 0.25) is 0 Å². The lowest BCUT2D eigenvalue weighted by Crippen LogP contribution is -2.41. The fourth-order valence-corrected chi connectivity index (χ4v) is 1.95. The summed E-state index contributed by atoms with van der Waals surface area (Å²) < 4.78 is 0. The molecule has 1 fully saturated rings. The predicted octanol–water partition coefficient (Wildman–Crippen LogP) is 1.79. The average Bonchev–Trinajstić information content (AvgIpc) is 2.31. The normalized spacial score (nSPS) is 22.8. The minimum Gasteiger partial charge on any atom is -0.351 e. The second-order valence-electron chi connectivity index (χ2n) is 4.05. The highest BCUT2D eigenvalue weighted by molar-refractivity contribution is 5.67. The Morgan fingerprint density at radius 3 is 2.53 bits per heavy atom. The van der Waals surface area contributed by atoms with Gasteiger partial charge in [0.05, 0.1) is 6.54 Å². The maximum absolute atomic E-state index is 11.7. The molecule has 2 aliphatic rings. The fraction of sp³-hybridized carbons (Fsp3) is 0.727. The third-order valence-corrected chi connectivity index (χ3v) is 2.84. The monoisotopic (exact) mass is 210 g/mol. The van der Waals surface area contributed by atoms with E-state index in [4.69, 9.17) is 4.84 Å². The van der Waals surface area contributed by atoms with Gasteiger partial charge >= 0.3 is 6.09 Å². The van der Waals surface area contributed by atoms with Crippen molar-refractivity contribution in [2.45, 2.75) is 25.7 Å². The Hall–Kier alpha value is -1.03. The number of amides is 1. The number of hydrogen-bond acceptors (Lipinski definition) is 3. The first-order chi connectivity index (χ1) is 7.36. The highest BCUT2D eigenvalue weighted by atomic mass is 16.7. The van der Waals surface area contributed by atoms with Crippen molar-refractivity contribution in [3.63, 3.8) is 0 Å². The van der Waals surface area contributed by atoms with Crippen LogP contribution in [0.1, 0.15) is 25.7 Å². The smallest absolute Gasteiger partial charge is 0.351 e. The van der Waals surface area contributed by atoms with Crippen LogP contribution < -0.4 is 0 Å². The molecule has 0 atom stereocenters. The largest absolute Gasteiger partial charge is 0.428 e. The number of carbonyl (C=O) groups excluding carboxylic acids is 1. The first-order valence-corrected chi connectivity index (χ1v) is 5.73. The van der Waals surface area contributed by atoms with Crippen LogP contribution in [0.3, 0.4) is 0 Å². The molecule has 15 heavy (non-hydrogen) atoms. The molecule has 0 unspecified atom stereocenters. The molecule has 0 spiro atoms. The van der Waals surface area contributed by atoms with Crippen LogP contribution in [0, 0.1) is 0 Å². The minimum absolute atomic E-state index is 0.176. The van der Waals surface area contributed by atoms with Gasteiger partial charge in [-0.2, -0.15) is 0 Å². The topological polar surface area (TPSA) is 32.8 Å². The van der Waals surface area contributed by atoms with Crippen LogP contribution in [0.4, 0.5) is 4.79 Å². The van der Waals surface area contributed by atoms with E-state index in [2.05, 4.69) is 6.08 Å². The first kappa shape index (κ1) is 10.5. The van der Waals surface area contributed by atoms with Gasteiger partial charge in [-0.05, 0) is 25.7 Å². The Labute approximate surface area is 90.4 Å². The number of hydroxylamine groups is 2. The lowest BCUT2D eigenvalue weighted by molar-refractivity contribution is -0.106. The summed E-state index contributed by atoms with van der Waals surface area (Å²) in [5.41, 5.74) is 0. The van der Waals surface area contributed by atoms with E-state index >= 15 is 0 Å². The summed E-state index contributed by atoms with van der Waals surface area (Å²) in [6, 6.07) is 0. The molecule has 0 aromatic carbocycles. The maximum Gasteiger partial charge on any atom is 0.428 e. The van der Waals surface area contributed by atoms with Gasteiger partial charge in [-0.15, -0.1) is 5.06 Å². The van der Waals surface area contributed by atoms with Crippen molar-refractivity contribution in [3.05, 3.63) is 12.2 Å². The first-order valence-electron chi connectivity index (χ1n) is 5.73. The second-order valence-corrected chi connectivity index (χ2v) is 4.05. The van der Waals surface area contributed by atoms with Crippen LogP contribution in [0.5, 0.6) is 0 Å². The third-order valence-electron chi connectivity index (χ3n) is 2.84. The summed E-state index contributed by atoms with van der Waals surface area (Å²) in [6.45, 7) is 3.24. The Kier molecular flexibility index (Phi) is 3.61. The minimum atomic E-state index is -0.176. The van der Waals surface area contributed by atoms with E-state index in [1.54, 1.807) is 5.06 Å². The Morgan fingerprint density at radius 1 is 1.07 bits per heavy atom. The molecule has 0 aliphatic carbocycles. The molecule has 2 rings (SSSR count).